The van der Waals surface area contributed by atoms with Crippen LogP contribution in [0.4, 0.5) is 5.82 Å². The van der Waals surface area contributed by atoms with Crippen LogP contribution in [0.5, 0.6) is 0 Å². The Morgan fingerprint density at radius 1 is 1.20 bits per heavy atom. The number of nitrogens with one attached hydrogen (secondary N) is 1. The highest BCUT2D eigenvalue weighted by molar-refractivity contribution is 5.82. The van der Waals surface area contributed by atoms with Crippen molar-refractivity contribution in [2.75, 3.05) is 37.6 Å². The molecule has 2 saturated heterocycles. The molecule has 0 aliphatic carbocycles. The molecular weight excluding hydrogens is 252 g/mol. The summed E-state index contributed by atoms with van der Waals surface area (Å²) in [6.45, 7) is 4.32. The van der Waals surface area contributed by atoms with Gasteiger partial charge in [0.05, 0.1) is 6.04 Å². The SMILES string of the molecule is O=C([C@@H]1CCCCN1)N1CCN(c2ccccn2)CC1. The molecule has 5 nitrogen and oxygen atoms in total. The maximum absolute atomic E-state index is 12.4. The summed E-state index contributed by atoms with van der Waals surface area (Å²) in [5.74, 6) is 1.29. The molecule has 0 spiro atoms. The Morgan fingerprint density at radius 3 is 2.70 bits per heavy atom. The first kappa shape index (κ1) is 13.4. The Hall–Kier alpha value is -1.62. The maximum Gasteiger partial charge on any atom is 0.239 e. The Morgan fingerprint density at radius 2 is 2.05 bits per heavy atom. The Balaban J connectivity index is 1.54. The van der Waals surface area contributed by atoms with E-state index in [9.17, 15) is 4.79 Å². The van der Waals surface area contributed by atoms with E-state index in [1.165, 1.54) is 6.42 Å². The molecule has 0 bridgehead atoms. The summed E-state index contributed by atoms with van der Waals surface area (Å²) in [4.78, 5) is 21.0. The van der Waals surface area contributed by atoms with E-state index in [0.29, 0.717) is 0 Å². The summed E-state index contributed by atoms with van der Waals surface area (Å²) >= 11 is 0. The first-order chi connectivity index (χ1) is 9.84. The number of nitrogens with zero attached hydrogens (tertiary/aromatic N) is 3. The molecular formula is C15H22N4O. The molecule has 1 amide bonds. The number of carbonyl (C=O) groups is 1. The third kappa shape index (κ3) is 2.93. The second-order valence-electron chi connectivity index (χ2n) is 5.50. The standard InChI is InChI=1S/C15H22N4O/c20-15(13-5-1-3-7-16-13)19-11-9-18(10-12-19)14-6-2-4-8-17-14/h2,4,6,8,13,16H,1,3,5,7,9-12H2/t13-/m0/s1. The van der Waals surface area contributed by atoms with Crippen LogP contribution in [0.3, 0.4) is 0 Å². The minimum Gasteiger partial charge on any atom is -0.353 e. The van der Waals surface area contributed by atoms with Crippen LogP contribution in [0.1, 0.15) is 19.3 Å². The van der Waals surface area contributed by atoms with E-state index in [0.717, 1.165) is 51.4 Å². The minimum absolute atomic E-state index is 0.0464. The van der Waals surface area contributed by atoms with E-state index in [-0.39, 0.29) is 11.9 Å². The van der Waals surface area contributed by atoms with Crippen molar-refractivity contribution in [2.24, 2.45) is 0 Å². The van der Waals surface area contributed by atoms with Crippen LogP contribution in [0.15, 0.2) is 24.4 Å². The molecule has 108 valence electrons. The first-order valence-corrected chi connectivity index (χ1v) is 7.53. The van der Waals surface area contributed by atoms with Gasteiger partial charge >= 0.3 is 0 Å². The lowest BCUT2D eigenvalue weighted by molar-refractivity contribution is -0.134. The summed E-state index contributed by atoms with van der Waals surface area (Å²) in [6.07, 6.45) is 5.16. The van der Waals surface area contributed by atoms with Gasteiger partial charge in [-0.25, -0.2) is 4.98 Å². The van der Waals surface area contributed by atoms with Crippen LogP contribution in [0, 0.1) is 0 Å². The predicted molar refractivity (Wildman–Crippen MR) is 78.7 cm³/mol. The van der Waals surface area contributed by atoms with Gasteiger partial charge in [-0.3, -0.25) is 4.79 Å². The second-order valence-corrected chi connectivity index (χ2v) is 5.50. The summed E-state index contributed by atoms with van der Waals surface area (Å²) in [7, 11) is 0. The van der Waals surface area contributed by atoms with E-state index in [2.05, 4.69) is 15.2 Å². The molecule has 2 aliphatic heterocycles. The number of hydrogen-bond donors (Lipinski definition) is 1. The molecule has 5 heteroatoms. The Kier molecular flexibility index (Phi) is 4.16. The number of piperazine rings is 1. The van der Waals surface area contributed by atoms with E-state index in [4.69, 9.17) is 0 Å². The number of hydrogen-bond acceptors (Lipinski definition) is 4. The number of rotatable bonds is 2. The number of aromatic nitrogens is 1. The van der Waals surface area contributed by atoms with E-state index >= 15 is 0 Å². The average Bonchev–Trinajstić information content (AvgIpc) is 2.56. The molecule has 0 radical (unpaired) electrons. The number of carbonyl (C=O) groups excluding carboxylic acids is 1. The molecule has 2 fully saturated rings. The van der Waals surface area contributed by atoms with Crippen molar-refractivity contribution in [2.45, 2.75) is 25.3 Å². The van der Waals surface area contributed by atoms with Gasteiger partial charge in [0.25, 0.3) is 0 Å². The third-order valence-corrected chi connectivity index (χ3v) is 4.17. The number of amides is 1. The molecule has 1 atom stereocenters. The first-order valence-electron chi connectivity index (χ1n) is 7.53. The highest BCUT2D eigenvalue weighted by Gasteiger charge is 2.28. The lowest BCUT2D eigenvalue weighted by Crippen LogP contribution is -2.55. The van der Waals surface area contributed by atoms with Crippen molar-refractivity contribution in [1.29, 1.82) is 0 Å². The lowest BCUT2D eigenvalue weighted by atomic mass is 10.0. The molecule has 3 rings (SSSR count). The molecule has 20 heavy (non-hydrogen) atoms. The summed E-state index contributed by atoms with van der Waals surface area (Å²) < 4.78 is 0. The zero-order chi connectivity index (χ0) is 13.8. The van der Waals surface area contributed by atoms with Gasteiger partial charge in [0.1, 0.15) is 5.82 Å². The van der Waals surface area contributed by atoms with Crippen molar-refractivity contribution in [1.82, 2.24) is 15.2 Å². The highest BCUT2D eigenvalue weighted by atomic mass is 16.2. The fourth-order valence-corrected chi connectivity index (χ4v) is 2.98. The normalized spacial score (nSPS) is 23.7. The highest BCUT2D eigenvalue weighted by Crippen LogP contribution is 2.15. The van der Waals surface area contributed by atoms with Crippen LogP contribution < -0.4 is 10.2 Å². The molecule has 2 aliphatic rings. The molecule has 0 saturated carbocycles. The largest absolute Gasteiger partial charge is 0.353 e. The zero-order valence-corrected chi connectivity index (χ0v) is 11.8. The Bertz CT molecular complexity index is 436. The van der Waals surface area contributed by atoms with Gasteiger partial charge in [0.15, 0.2) is 0 Å². The van der Waals surface area contributed by atoms with E-state index in [1.807, 2.05) is 29.3 Å². The summed E-state index contributed by atoms with van der Waals surface area (Å²) in [5, 5.41) is 3.34. The van der Waals surface area contributed by atoms with Crippen LogP contribution >= 0.6 is 0 Å². The topological polar surface area (TPSA) is 48.5 Å². The maximum atomic E-state index is 12.4. The quantitative estimate of drug-likeness (QED) is 0.869. The molecule has 1 N–H and O–H groups in total. The van der Waals surface area contributed by atoms with Crippen molar-refractivity contribution in [3.05, 3.63) is 24.4 Å². The lowest BCUT2D eigenvalue weighted by Gasteiger charge is -2.37. The fraction of sp³-hybridized carbons (Fsp3) is 0.600. The van der Waals surface area contributed by atoms with Gasteiger partial charge in [-0.1, -0.05) is 12.5 Å². The van der Waals surface area contributed by atoms with Gasteiger partial charge in [0, 0.05) is 32.4 Å². The Labute approximate surface area is 120 Å². The van der Waals surface area contributed by atoms with Crippen molar-refractivity contribution in [3.8, 4) is 0 Å². The fourth-order valence-electron chi connectivity index (χ4n) is 2.98. The van der Waals surface area contributed by atoms with E-state index < -0.39 is 0 Å². The molecule has 0 aromatic carbocycles. The minimum atomic E-state index is 0.0464. The summed E-state index contributed by atoms with van der Waals surface area (Å²) in [5.41, 5.74) is 0. The number of piperidine rings is 1. The van der Waals surface area contributed by atoms with Crippen molar-refractivity contribution in [3.63, 3.8) is 0 Å². The second kappa shape index (κ2) is 6.22. The van der Waals surface area contributed by atoms with Crippen molar-refractivity contribution < 1.29 is 4.79 Å². The van der Waals surface area contributed by atoms with Gasteiger partial charge in [-0.05, 0) is 31.5 Å². The predicted octanol–water partition coefficient (Wildman–Crippen LogP) is 0.872. The smallest absolute Gasteiger partial charge is 0.239 e. The van der Waals surface area contributed by atoms with Crippen molar-refractivity contribution >= 4 is 11.7 Å². The van der Waals surface area contributed by atoms with Gasteiger partial charge in [-0.2, -0.15) is 0 Å². The third-order valence-electron chi connectivity index (χ3n) is 4.17. The van der Waals surface area contributed by atoms with Gasteiger partial charge in [0.2, 0.25) is 5.91 Å². The van der Waals surface area contributed by atoms with Gasteiger partial charge in [-0.15, -0.1) is 0 Å². The van der Waals surface area contributed by atoms with Gasteiger partial charge < -0.3 is 15.1 Å². The zero-order valence-electron chi connectivity index (χ0n) is 11.8. The van der Waals surface area contributed by atoms with E-state index in [1.54, 1.807) is 0 Å². The molecule has 1 aromatic rings. The van der Waals surface area contributed by atoms with Crippen LogP contribution in [-0.4, -0.2) is 54.6 Å². The number of anilines is 1. The van der Waals surface area contributed by atoms with Crippen LogP contribution in [0.25, 0.3) is 0 Å². The monoisotopic (exact) mass is 274 g/mol. The number of pyridine rings is 1. The van der Waals surface area contributed by atoms with Crippen LogP contribution in [0.2, 0.25) is 0 Å². The molecule has 0 unspecified atom stereocenters. The van der Waals surface area contributed by atoms with Crippen LogP contribution in [-0.2, 0) is 4.79 Å². The molecule has 1 aromatic heterocycles. The average molecular weight is 274 g/mol. The summed E-state index contributed by atoms with van der Waals surface area (Å²) in [6, 6.07) is 6.01. The molecule has 3 heterocycles.